The largest absolute Gasteiger partial charge is 0.493 e. The predicted molar refractivity (Wildman–Crippen MR) is 74.3 cm³/mol. The Balaban J connectivity index is 2.54. The van der Waals surface area contributed by atoms with Gasteiger partial charge in [0.2, 0.25) is 0 Å². The van der Waals surface area contributed by atoms with E-state index in [1.54, 1.807) is 0 Å². The number of anilines is 1. The van der Waals surface area contributed by atoms with E-state index >= 15 is 0 Å². The van der Waals surface area contributed by atoms with Crippen molar-refractivity contribution >= 4 is 5.69 Å². The predicted octanol–water partition coefficient (Wildman–Crippen LogP) is 3.81. The summed E-state index contributed by atoms with van der Waals surface area (Å²) in [6.07, 6.45) is 4.96. The molecule has 0 fully saturated rings. The van der Waals surface area contributed by atoms with Crippen molar-refractivity contribution in [2.45, 2.75) is 33.1 Å². The van der Waals surface area contributed by atoms with Crippen molar-refractivity contribution < 1.29 is 4.74 Å². The second-order valence-corrected chi connectivity index (χ2v) is 4.74. The molecule has 1 aromatic rings. The smallest absolute Gasteiger partial charge is 0.122 e. The Bertz CT molecular complexity index is 358. The van der Waals surface area contributed by atoms with Gasteiger partial charge in [-0.2, -0.15) is 0 Å². The minimum Gasteiger partial charge on any atom is -0.493 e. The fourth-order valence-corrected chi connectivity index (χ4v) is 1.73. The van der Waals surface area contributed by atoms with Crippen LogP contribution in [0.15, 0.2) is 30.9 Å². The number of ether oxygens (including phenoxy) is 1. The number of benzene rings is 1. The Morgan fingerprint density at radius 2 is 2.18 bits per heavy atom. The Hall–Kier alpha value is -1.44. The summed E-state index contributed by atoms with van der Waals surface area (Å²) >= 11 is 0. The highest BCUT2D eigenvalue weighted by atomic mass is 16.5. The van der Waals surface area contributed by atoms with Crippen LogP contribution in [0.25, 0.3) is 0 Å². The first-order valence-electron chi connectivity index (χ1n) is 6.25. The van der Waals surface area contributed by atoms with Crippen molar-refractivity contribution in [3.63, 3.8) is 0 Å². The molecule has 2 heteroatoms. The van der Waals surface area contributed by atoms with Gasteiger partial charge in [0.1, 0.15) is 5.75 Å². The maximum absolute atomic E-state index is 5.79. The summed E-state index contributed by atoms with van der Waals surface area (Å²) in [5, 5.41) is 0. The number of nitrogens with two attached hydrogens (primary N) is 1. The Kier molecular flexibility index (Phi) is 5.61. The molecular weight excluding hydrogens is 210 g/mol. The molecule has 0 aromatic heterocycles. The molecule has 0 saturated heterocycles. The molecular formula is C15H23NO. The molecule has 2 nitrogen and oxygen atoms in total. The fraction of sp³-hybridized carbons (Fsp3) is 0.467. The number of hydrogen-bond acceptors (Lipinski definition) is 2. The quantitative estimate of drug-likeness (QED) is 0.441. The molecule has 0 amide bonds. The van der Waals surface area contributed by atoms with Gasteiger partial charge in [0.05, 0.1) is 6.61 Å². The zero-order chi connectivity index (χ0) is 12.7. The van der Waals surface area contributed by atoms with Gasteiger partial charge in [-0.05, 0) is 48.9 Å². The summed E-state index contributed by atoms with van der Waals surface area (Å²) in [5.41, 5.74) is 7.65. The molecule has 0 heterocycles. The zero-order valence-electron chi connectivity index (χ0n) is 10.9. The molecule has 0 saturated carbocycles. The minimum absolute atomic E-state index is 0.734. The number of rotatable bonds is 7. The maximum atomic E-state index is 5.79. The minimum atomic E-state index is 0.734. The molecule has 0 bridgehead atoms. The van der Waals surface area contributed by atoms with Gasteiger partial charge in [0.15, 0.2) is 0 Å². The van der Waals surface area contributed by atoms with Gasteiger partial charge in [0, 0.05) is 5.69 Å². The second-order valence-electron chi connectivity index (χ2n) is 4.74. The average Bonchev–Trinajstić information content (AvgIpc) is 2.27. The second kappa shape index (κ2) is 7.00. The van der Waals surface area contributed by atoms with Crippen LogP contribution >= 0.6 is 0 Å². The van der Waals surface area contributed by atoms with E-state index in [0.717, 1.165) is 42.4 Å². The number of hydrogen-bond donors (Lipinski definition) is 1. The third-order valence-corrected chi connectivity index (χ3v) is 2.63. The van der Waals surface area contributed by atoms with Crippen molar-refractivity contribution in [1.29, 1.82) is 0 Å². The number of nitrogen functional groups attached to an aromatic ring is 1. The zero-order valence-corrected chi connectivity index (χ0v) is 10.9. The van der Waals surface area contributed by atoms with E-state index in [1.165, 1.54) is 6.42 Å². The molecule has 0 aliphatic heterocycles. The summed E-state index contributed by atoms with van der Waals surface area (Å²) in [6.45, 7) is 8.98. The summed E-state index contributed by atoms with van der Waals surface area (Å²) in [5.74, 6) is 1.67. The molecule has 1 rings (SSSR count). The van der Waals surface area contributed by atoms with Gasteiger partial charge >= 0.3 is 0 Å². The van der Waals surface area contributed by atoms with Gasteiger partial charge < -0.3 is 10.5 Å². The van der Waals surface area contributed by atoms with Crippen LogP contribution in [0.5, 0.6) is 5.75 Å². The van der Waals surface area contributed by atoms with Crippen molar-refractivity contribution in [2.75, 3.05) is 12.3 Å². The van der Waals surface area contributed by atoms with Gasteiger partial charge in [0.25, 0.3) is 0 Å². The van der Waals surface area contributed by atoms with Crippen LogP contribution in [0.3, 0.4) is 0 Å². The Morgan fingerprint density at radius 3 is 2.82 bits per heavy atom. The van der Waals surface area contributed by atoms with E-state index in [-0.39, 0.29) is 0 Å². The highest BCUT2D eigenvalue weighted by Crippen LogP contribution is 2.22. The molecule has 0 aliphatic carbocycles. The molecule has 0 unspecified atom stereocenters. The van der Waals surface area contributed by atoms with Gasteiger partial charge in [-0.3, -0.25) is 0 Å². The van der Waals surface area contributed by atoms with Crippen molar-refractivity contribution in [3.05, 3.63) is 36.4 Å². The first-order valence-corrected chi connectivity index (χ1v) is 6.25. The highest BCUT2D eigenvalue weighted by Gasteiger charge is 2.03. The molecule has 94 valence electrons. The van der Waals surface area contributed by atoms with E-state index < -0.39 is 0 Å². The average molecular weight is 233 g/mol. The first kappa shape index (κ1) is 13.6. The van der Waals surface area contributed by atoms with Crippen molar-refractivity contribution in [1.82, 2.24) is 0 Å². The lowest BCUT2D eigenvalue weighted by molar-refractivity contribution is 0.295. The Morgan fingerprint density at radius 1 is 1.41 bits per heavy atom. The normalized spacial score (nSPS) is 10.5. The van der Waals surface area contributed by atoms with Gasteiger partial charge in [-0.15, -0.1) is 6.58 Å². The SMILES string of the molecule is C=CCc1cc(N)ccc1OCCCC(C)C. The maximum Gasteiger partial charge on any atom is 0.122 e. The van der Waals surface area contributed by atoms with Crippen LogP contribution in [0.2, 0.25) is 0 Å². The molecule has 17 heavy (non-hydrogen) atoms. The molecule has 0 radical (unpaired) electrons. The Labute approximate surface area is 104 Å². The van der Waals surface area contributed by atoms with Gasteiger partial charge in [-0.1, -0.05) is 19.9 Å². The van der Waals surface area contributed by atoms with Crippen molar-refractivity contribution in [3.8, 4) is 5.75 Å². The summed E-state index contributed by atoms with van der Waals surface area (Å²) in [7, 11) is 0. The monoisotopic (exact) mass is 233 g/mol. The van der Waals surface area contributed by atoms with Crippen LogP contribution < -0.4 is 10.5 Å². The first-order chi connectivity index (χ1) is 8.13. The lowest BCUT2D eigenvalue weighted by Gasteiger charge is -2.12. The van der Waals surface area contributed by atoms with E-state index in [4.69, 9.17) is 10.5 Å². The summed E-state index contributed by atoms with van der Waals surface area (Å²) in [4.78, 5) is 0. The molecule has 1 aromatic carbocycles. The third kappa shape index (κ3) is 4.94. The highest BCUT2D eigenvalue weighted by molar-refractivity contribution is 5.48. The lowest BCUT2D eigenvalue weighted by Crippen LogP contribution is -2.02. The van der Waals surface area contributed by atoms with E-state index in [0.29, 0.717) is 0 Å². The van der Waals surface area contributed by atoms with Crippen LogP contribution in [0.1, 0.15) is 32.3 Å². The third-order valence-electron chi connectivity index (χ3n) is 2.63. The van der Waals surface area contributed by atoms with Crippen LogP contribution in [0.4, 0.5) is 5.69 Å². The van der Waals surface area contributed by atoms with Crippen molar-refractivity contribution in [2.24, 2.45) is 5.92 Å². The summed E-state index contributed by atoms with van der Waals surface area (Å²) in [6, 6.07) is 5.79. The van der Waals surface area contributed by atoms with Crippen LogP contribution in [0, 0.1) is 5.92 Å². The van der Waals surface area contributed by atoms with E-state index in [2.05, 4.69) is 20.4 Å². The lowest BCUT2D eigenvalue weighted by atomic mass is 10.1. The van der Waals surface area contributed by atoms with E-state index in [9.17, 15) is 0 Å². The standard InChI is InChI=1S/C15H23NO/c1-4-6-13-11-14(16)8-9-15(13)17-10-5-7-12(2)3/h4,8-9,11-12H,1,5-7,10,16H2,2-3H3. The topological polar surface area (TPSA) is 35.2 Å². The van der Waals surface area contributed by atoms with E-state index in [1.807, 2.05) is 24.3 Å². The van der Waals surface area contributed by atoms with Crippen LogP contribution in [-0.4, -0.2) is 6.61 Å². The van der Waals surface area contributed by atoms with Crippen LogP contribution in [-0.2, 0) is 6.42 Å². The fourth-order valence-electron chi connectivity index (χ4n) is 1.73. The number of allylic oxidation sites excluding steroid dienone is 1. The molecule has 0 spiro atoms. The van der Waals surface area contributed by atoms with Gasteiger partial charge in [-0.25, -0.2) is 0 Å². The molecule has 0 atom stereocenters. The summed E-state index contributed by atoms with van der Waals surface area (Å²) < 4.78 is 5.79. The molecule has 0 aliphatic rings. The molecule has 2 N–H and O–H groups in total.